The fourth-order valence-corrected chi connectivity index (χ4v) is 2.38. The summed E-state index contributed by atoms with van der Waals surface area (Å²) in [5, 5.41) is 0.846. The van der Waals surface area contributed by atoms with Crippen molar-refractivity contribution in [3.63, 3.8) is 0 Å². The quantitative estimate of drug-likeness (QED) is 0.707. The highest BCUT2D eigenvalue weighted by Gasteiger charge is 2.17. The molecule has 1 aromatic heterocycles. The van der Waals surface area contributed by atoms with Gasteiger partial charge in [0.25, 0.3) is 5.91 Å². The molecule has 0 saturated heterocycles. The van der Waals surface area contributed by atoms with Crippen molar-refractivity contribution in [3.8, 4) is 0 Å². The zero-order valence-corrected chi connectivity index (χ0v) is 12.1. The average molecular weight is 279 g/mol. The Labute approximate surface area is 123 Å². The summed E-state index contributed by atoms with van der Waals surface area (Å²) in [6, 6.07) is 13.4. The number of aryl methyl sites for hydroxylation is 1. The van der Waals surface area contributed by atoms with Gasteiger partial charge < -0.3 is 15.6 Å². The minimum atomic E-state index is -0.0595. The standard InChI is InChI=1S/C17H17N3O/c1-11-3-6-13(7-4-11)20(2)17(21)15-10-19-16-8-5-12(18)9-14(15)16/h3-10,19H,18H2,1-2H3. The molecule has 106 valence electrons. The summed E-state index contributed by atoms with van der Waals surface area (Å²) in [6.07, 6.45) is 1.73. The van der Waals surface area contributed by atoms with E-state index in [0.717, 1.165) is 16.6 Å². The Morgan fingerprint density at radius 2 is 1.86 bits per heavy atom. The maximum atomic E-state index is 12.7. The third-order valence-corrected chi connectivity index (χ3v) is 3.66. The Kier molecular flexibility index (Phi) is 3.14. The van der Waals surface area contributed by atoms with Gasteiger partial charge in [-0.15, -0.1) is 0 Å². The van der Waals surface area contributed by atoms with Gasteiger partial charge in [0.15, 0.2) is 0 Å². The lowest BCUT2D eigenvalue weighted by atomic mass is 10.1. The second-order valence-corrected chi connectivity index (χ2v) is 5.21. The van der Waals surface area contributed by atoms with Crippen LogP contribution in [-0.4, -0.2) is 17.9 Å². The summed E-state index contributed by atoms with van der Waals surface area (Å²) < 4.78 is 0. The number of aromatic amines is 1. The van der Waals surface area contributed by atoms with Crippen molar-refractivity contribution in [2.24, 2.45) is 0 Å². The zero-order valence-electron chi connectivity index (χ0n) is 12.1. The monoisotopic (exact) mass is 279 g/mol. The molecule has 3 aromatic rings. The molecule has 21 heavy (non-hydrogen) atoms. The lowest BCUT2D eigenvalue weighted by Gasteiger charge is -2.17. The summed E-state index contributed by atoms with van der Waals surface area (Å²) in [4.78, 5) is 17.4. The number of rotatable bonds is 2. The Hall–Kier alpha value is -2.75. The van der Waals surface area contributed by atoms with Gasteiger partial charge in [-0.1, -0.05) is 17.7 Å². The van der Waals surface area contributed by atoms with E-state index >= 15 is 0 Å². The third-order valence-electron chi connectivity index (χ3n) is 3.66. The summed E-state index contributed by atoms with van der Waals surface area (Å²) in [6.45, 7) is 2.02. The van der Waals surface area contributed by atoms with Gasteiger partial charge in [-0.05, 0) is 37.3 Å². The zero-order chi connectivity index (χ0) is 15.0. The molecular weight excluding hydrogens is 262 g/mol. The highest BCUT2D eigenvalue weighted by molar-refractivity contribution is 6.14. The van der Waals surface area contributed by atoms with Crippen LogP contribution in [-0.2, 0) is 0 Å². The number of carbonyl (C=O) groups excluding carboxylic acids is 1. The highest BCUT2D eigenvalue weighted by atomic mass is 16.2. The van der Waals surface area contributed by atoms with Gasteiger partial charge in [0.1, 0.15) is 0 Å². The number of hydrogen-bond donors (Lipinski definition) is 2. The molecular formula is C17H17N3O. The van der Waals surface area contributed by atoms with Crippen LogP contribution >= 0.6 is 0 Å². The third kappa shape index (κ3) is 2.36. The minimum absolute atomic E-state index is 0.0595. The van der Waals surface area contributed by atoms with Crippen LogP contribution in [0.3, 0.4) is 0 Å². The van der Waals surface area contributed by atoms with E-state index in [1.54, 1.807) is 18.1 Å². The molecule has 1 amide bonds. The average Bonchev–Trinajstić information content (AvgIpc) is 2.89. The molecule has 0 aliphatic heterocycles. The molecule has 0 radical (unpaired) electrons. The van der Waals surface area contributed by atoms with Crippen LogP contribution in [0.4, 0.5) is 11.4 Å². The van der Waals surface area contributed by atoms with Crippen molar-refractivity contribution in [1.29, 1.82) is 0 Å². The van der Waals surface area contributed by atoms with E-state index in [2.05, 4.69) is 4.98 Å². The van der Waals surface area contributed by atoms with E-state index in [9.17, 15) is 4.79 Å². The van der Waals surface area contributed by atoms with Crippen molar-refractivity contribution in [1.82, 2.24) is 4.98 Å². The molecule has 0 atom stereocenters. The van der Waals surface area contributed by atoms with Gasteiger partial charge in [0, 0.05) is 35.5 Å². The van der Waals surface area contributed by atoms with E-state index < -0.39 is 0 Å². The van der Waals surface area contributed by atoms with Crippen LogP contribution in [0.15, 0.2) is 48.7 Å². The fourth-order valence-electron chi connectivity index (χ4n) is 2.38. The number of nitrogens with two attached hydrogens (primary N) is 1. The molecule has 1 heterocycles. The lowest BCUT2D eigenvalue weighted by Crippen LogP contribution is -2.25. The van der Waals surface area contributed by atoms with Crippen molar-refractivity contribution in [2.75, 3.05) is 17.7 Å². The maximum Gasteiger partial charge on any atom is 0.260 e. The topological polar surface area (TPSA) is 62.1 Å². The number of nitrogens with one attached hydrogen (secondary N) is 1. The molecule has 0 aliphatic rings. The minimum Gasteiger partial charge on any atom is -0.399 e. The SMILES string of the molecule is Cc1ccc(N(C)C(=O)c2c[nH]c3ccc(N)cc23)cc1. The highest BCUT2D eigenvalue weighted by Crippen LogP contribution is 2.24. The van der Waals surface area contributed by atoms with Gasteiger partial charge in [0.05, 0.1) is 5.56 Å². The van der Waals surface area contributed by atoms with Gasteiger partial charge in [-0.3, -0.25) is 4.79 Å². The number of amides is 1. The number of H-pyrrole nitrogens is 1. The lowest BCUT2D eigenvalue weighted by molar-refractivity contribution is 0.0994. The summed E-state index contributed by atoms with van der Waals surface area (Å²) in [7, 11) is 1.78. The molecule has 0 spiro atoms. The van der Waals surface area contributed by atoms with Gasteiger partial charge in [-0.25, -0.2) is 0 Å². The molecule has 2 aromatic carbocycles. The number of nitrogens with zero attached hydrogens (tertiary/aromatic N) is 1. The number of benzene rings is 2. The van der Waals surface area contributed by atoms with Crippen LogP contribution in [0.25, 0.3) is 10.9 Å². The summed E-state index contributed by atoms with van der Waals surface area (Å²) >= 11 is 0. The van der Waals surface area contributed by atoms with Crippen molar-refractivity contribution >= 4 is 28.2 Å². The number of carbonyl (C=O) groups is 1. The normalized spacial score (nSPS) is 10.8. The molecule has 0 fully saturated rings. The van der Waals surface area contributed by atoms with Crippen molar-refractivity contribution < 1.29 is 4.79 Å². The van der Waals surface area contributed by atoms with Crippen LogP contribution in [0, 0.1) is 6.92 Å². The molecule has 0 aliphatic carbocycles. The number of fused-ring (bicyclic) bond motifs is 1. The smallest absolute Gasteiger partial charge is 0.260 e. The number of aromatic nitrogens is 1. The van der Waals surface area contributed by atoms with E-state index in [4.69, 9.17) is 5.73 Å². The Morgan fingerprint density at radius 1 is 1.14 bits per heavy atom. The number of anilines is 2. The largest absolute Gasteiger partial charge is 0.399 e. The Bertz CT molecular complexity index is 803. The van der Waals surface area contributed by atoms with Gasteiger partial charge in [-0.2, -0.15) is 0 Å². The first-order valence-electron chi connectivity index (χ1n) is 6.77. The van der Waals surface area contributed by atoms with Crippen LogP contribution < -0.4 is 10.6 Å². The Morgan fingerprint density at radius 3 is 2.57 bits per heavy atom. The van der Waals surface area contributed by atoms with E-state index in [1.807, 2.05) is 49.4 Å². The van der Waals surface area contributed by atoms with Gasteiger partial charge in [0.2, 0.25) is 0 Å². The van der Waals surface area contributed by atoms with Crippen LogP contribution in [0.1, 0.15) is 15.9 Å². The second-order valence-electron chi connectivity index (χ2n) is 5.21. The first-order chi connectivity index (χ1) is 10.1. The fraction of sp³-hybridized carbons (Fsp3) is 0.118. The first kappa shape index (κ1) is 13.2. The molecule has 3 N–H and O–H groups in total. The Balaban J connectivity index is 2.00. The van der Waals surface area contributed by atoms with Crippen LogP contribution in [0.5, 0.6) is 0 Å². The molecule has 0 unspecified atom stereocenters. The van der Waals surface area contributed by atoms with E-state index in [-0.39, 0.29) is 5.91 Å². The molecule has 0 bridgehead atoms. The number of nitrogen functional groups attached to an aromatic ring is 1. The van der Waals surface area contributed by atoms with E-state index in [1.165, 1.54) is 5.56 Å². The van der Waals surface area contributed by atoms with Crippen LogP contribution in [0.2, 0.25) is 0 Å². The van der Waals surface area contributed by atoms with Crippen molar-refractivity contribution in [3.05, 3.63) is 59.8 Å². The number of hydrogen-bond acceptors (Lipinski definition) is 2. The predicted octanol–water partition coefficient (Wildman–Crippen LogP) is 3.34. The predicted molar refractivity (Wildman–Crippen MR) is 86.6 cm³/mol. The second kappa shape index (κ2) is 4.98. The van der Waals surface area contributed by atoms with E-state index in [0.29, 0.717) is 11.3 Å². The molecule has 3 rings (SSSR count). The maximum absolute atomic E-state index is 12.7. The van der Waals surface area contributed by atoms with Gasteiger partial charge >= 0.3 is 0 Å². The molecule has 0 saturated carbocycles. The first-order valence-corrected chi connectivity index (χ1v) is 6.77. The molecule has 4 heteroatoms. The van der Waals surface area contributed by atoms with Crippen molar-refractivity contribution in [2.45, 2.75) is 6.92 Å². The summed E-state index contributed by atoms with van der Waals surface area (Å²) in [5.41, 5.74) is 10.0. The molecule has 4 nitrogen and oxygen atoms in total. The summed E-state index contributed by atoms with van der Waals surface area (Å²) in [5.74, 6) is -0.0595.